The molecule has 0 aliphatic carbocycles. The number of unbranched alkanes of at least 4 members (excludes halogenated alkanes) is 1. The number of carbonyl (C=O) groups excluding carboxylic acids is 2. The molecule has 2 N–H and O–H groups in total. The lowest BCUT2D eigenvalue weighted by atomic mass is 9.62. The van der Waals surface area contributed by atoms with Crippen molar-refractivity contribution in [1.29, 1.82) is 0 Å². The van der Waals surface area contributed by atoms with Gasteiger partial charge in [0.15, 0.2) is 0 Å². The van der Waals surface area contributed by atoms with E-state index in [-0.39, 0.29) is 37.4 Å². The molecule has 35 heavy (non-hydrogen) atoms. The van der Waals surface area contributed by atoms with E-state index in [1.807, 2.05) is 39.0 Å². The molecule has 3 heterocycles. The van der Waals surface area contributed by atoms with Gasteiger partial charge in [0, 0.05) is 25.4 Å². The van der Waals surface area contributed by atoms with Gasteiger partial charge in [-0.3, -0.25) is 14.4 Å². The Labute approximate surface area is 206 Å². The first-order valence-corrected chi connectivity index (χ1v) is 12.4. The van der Waals surface area contributed by atoms with E-state index < -0.39 is 35.0 Å². The summed E-state index contributed by atoms with van der Waals surface area (Å²) in [5.41, 5.74) is 0.378. The predicted octanol–water partition coefficient (Wildman–Crippen LogP) is 2.69. The van der Waals surface area contributed by atoms with E-state index in [1.165, 1.54) is 4.90 Å². The molecule has 4 rings (SSSR count). The lowest BCUT2D eigenvalue weighted by Crippen LogP contribution is -2.57. The van der Waals surface area contributed by atoms with Gasteiger partial charge in [0.25, 0.3) is 5.91 Å². The van der Waals surface area contributed by atoms with Gasteiger partial charge in [-0.2, -0.15) is 0 Å². The van der Waals surface area contributed by atoms with Crippen molar-refractivity contribution in [2.24, 2.45) is 17.8 Å². The highest BCUT2D eigenvalue weighted by Gasteiger charge is 2.80. The Bertz CT molecular complexity index is 1040. The number of anilines is 1. The number of hydrogen-bond acceptors (Lipinski definition) is 5. The highest BCUT2D eigenvalue weighted by Crippen LogP contribution is 2.65. The molecule has 3 unspecified atom stereocenters. The molecule has 0 aromatic heterocycles. The number of aryl methyl sites for hydroxylation is 2. The number of likely N-dealkylation sites (tertiary alicyclic amines) is 1. The van der Waals surface area contributed by atoms with E-state index in [9.17, 15) is 24.6 Å². The van der Waals surface area contributed by atoms with Gasteiger partial charge in [-0.05, 0) is 57.1 Å². The van der Waals surface area contributed by atoms with Crippen LogP contribution in [0.5, 0.6) is 0 Å². The van der Waals surface area contributed by atoms with Crippen LogP contribution in [0.25, 0.3) is 0 Å². The SMILES string of the molecule is C=CCN(C(=O)C1N(CCCCO)C(=O)[C@@H]2[C@H](C(=O)O)[C@@]3(C)OC12CC3C)c1c(C)cccc1C. The summed E-state index contributed by atoms with van der Waals surface area (Å²) in [4.78, 5) is 43.9. The van der Waals surface area contributed by atoms with Crippen molar-refractivity contribution >= 4 is 23.5 Å². The van der Waals surface area contributed by atoms with E-state index in [4.69, 9.17) is 4.74 Å². The first kappa shape index (κ1) is 25.4. The van der Waals surface area contributed by atoms with Gasteiger partial charge in [-0.1, -0.05) is 31.2 Å². The molecule has 3 fully saturated rings. The molecule has 6 atom stereocenters. The third-order valence-electron chi connectivity index (χ3n) is 8.41. The Morgan fingerprint density at radius 3 is 2.51 bits per heavy atom. The summed E-state index contributed by atoms with van der Waals surface area (Å²) in [5, 5.41) is 19.5. The normalized spacial score (nSPS) is 33.2. The molecule has 8 heteroatoms. The fourth-order valence-corrected chi connectivity index (χ4v) is 6.83. The number of para-hydroxylation sites is 1. The number of aliphatic hydroxyl groups excluding tert-OH is 1. The van der Waals surface area contributed by atoms with Gasteiger partial charge in [0.2, 0.25) is 5.91 Å². The molecule has 8 nitrogen and oxygen atoms in total. The van der Waals surface area contributed by atoms with Crippen LogP contribution in [0.15, 0.2) is 30.9 Å². The van der Waals surface area contributed by atoms with Gasteiger partial charge in [0.1, 0.15) is 17.6 Å². The van der Waals surface area contributed by atoms with Crippen LogP contribution in [0.2, 0.25) is 0 Å². The number of carbonyl (C=O) groups is 3. The topological polar surface area (TPSA) is 107 Å². The number of aliphatic carboxylic acids is 1. The quantitative estimate of drug-likeness (QED) is 0.412. The van der Waals surface area contributed by atoms with Crippen LogP contribution in [-0.4, -0.2) is 69.8 Å². The van der Waals surface area contributed by atoms with Crippen LogP contribution in [0, 0.1) is 31.6 Å². The van der Waals surface area contributed by atoms with E-state index in [0.29, 0.717) is 19.3 Å². The third-order valence-corrected chi connectivity index (χ3v) is 8.41. The zero-order valence-corrected chi connectivity index (χ0v) is 21.0. The van der Waals surface area contributed by atoms with Crippen LogP contribution in [0.3, 0.4) is 0 Å². The first-order chi connectivity index (χ1) is 16.5. The second kappa shape index (κ2) is 9.06. The summed E-state index contributed by atoms with van der Waals surface area (Å²) in [7, 11) is 0. The number of fused-ring (bicyclic) bond motifs is 1. The maximum Gasteiger partial charge on any atom is 0.310 e. The molecule has 2 bridgehead atoms. The number of nitrogens with zero attached hydrogens (tertiary/aromatic N) is 2. The van der Waals surface area contributed by atoms with Crippen LogP contribution in [0.4, 0.5) is 5.69 Å². The van der Waals surface area contributed by atoms with Crippen molar-refractivity contribution in [2.45, 2.75) is 64.2 Å². The Morgan fingerprint density at radius 2 is 1.94 bits per heavy atom. The number of aliphatic hydroxyl groups is 1. The van der Waals surface area contributed by atoms with Crippen molar-refractivity contribution in [1.82, 2.24) is 4.90 Å². The predicted molar refractivity (Wildman–Crippen MR) is 131 cm³/mol. The van der Waals surface area contributed by atoms with Gasteiger partial charge >= 0.3 is 5.97 Å². The molecule has 1 aromatic carbocycles. The van der Waals surface area contributed by atoms with Crippen LogP contribution >= 0.6 is 0 Å². The van der Waals surface area contributed by atoms with Gasteiger partial charge in [-0.25, -0.2) is 0 Å². The van der Waals surface area contributed by atoms with E-state index in [1.54, 1.807) is 17.9 Å². The molecule has 3 aliphatic heterocycles. The number of ether oxygens (including phenoxy) is 1. The third kappa shape index (κ3) is 3.61. The van der Waals surface area contributed by atoms with Crippen molar-refractivity contribution in [3.63, 3.8) is 0 Å². The minimum Gasteiger partial charge on any atom is -0.481 e. The standard InChI is InChI=1S/C27H36N2O6/c1-6-12-28(21-16(2)10-9-11-17(21)3)24(32)22-27-15-18(4)26(5,35-27)20(25(33)34)19(27)23(31)29(22)13-7-8-14-30/h6,9-11,18-20,22,30H,1,7-8,12-15H2,2-5H3,(H,33,34)/t18?,19-,20+,22?,26-,27?/m0/s1. The molecular weight excluding hydrogens is 448 g/mol. The molecule has 3 aliphatic rings. The number of benzene rings is 1. The molecule has 0 saturated carbocycles. The number of carboxylic acid groups (broad SMARTS) is 1. The van der Waals surface area contributed by atoms with Crippen molar-refractivity contribution < 1.29 is 29.3 Å². The minimum atomic E-state index is -1.21. The number of amides is 2. The Kier molecular flexibility index (Phi) is 6.57. The zero-order chi connectivity index (χ0) is 25.7. The van der Waals surface area contributed by atoms with Gasteiger partial charge < -0.3 is 24.7 Å². The largest absolute Gasteiger partial charge is 0.481 e. The van der Waals surface area contributed by atoms with Gasteiger partial charge in [0.05, 0.1) is 11.5 Å². The van der Waals surface area contributed by atoms with E-state index in [2.05, 4.69) is 6.58 Å². The number of rotatable bonds is 9. The molecule has 2 amide bonds. The Balaban J connectivity index is 1.85. The van der Waals surface area contributed by atoms with E-state index >= 15 is 0 Å². The molecular formula is C27H36N2O6. The molecule has 3 saturated heterocycles. The maximum atomic E-state index is 14.4. The molecule has 1 aromatic rings. The van der Waals surface area contributed by atoms with Crippen molar-refractivity contribution in [3.05, 3.63) is 42.0 Å². The Morgan fingerprint density at radius 1 is 1.29 bits per heavy atom. The van der Waals surface area contributed by atoms with Crippen LogP contribution in [0.1, 0.15) is 44.2 Å². The lowest BCUT2D eigenvalue weighted by Gasteiger charge is -2.38. The summed E-state index contributed by atoms with van der Waals surface area (Å²) in [6.45, 7) is 11.9. The molecule has 190 valence electrons. The average molecular weight is 485 g/mol. The lowest BCUT2D eigenvalue weighted by molar-refractivity contribution is -0.156. The summed E-state index contributed by atoms with van der Waals surface area (Å²) in [6.07, 6.45) is 3.07. The smallest absolute Gasteiger partial charge is 0.310 e. The summed E-state index contributed by atoms with van der Waals surface area (Å²) < 4.78 is 6.56. The Hall–Kier alpha value is -2.71. The van der Waals surface area contributed by atoms with Crippen molar-refractivity contribution in [3.8, 4) is 0 Å². The summed E-state index contributed by atoms with van der Waals surface area (Å²) in [6, 6.07) is 4.85. The van der Waals surface area contributed by atoms with Crippen LogP contribution in [-0.2, 0) is 19.1 Å². The summed E-state index contributed by atoms with van der Waals surface area (Å²) in [5.74, 6) is -3.78. The first-order valence-electron chi connectivity index (χ1n) is 12.4. The second-order valence-electron chi connectivity index (χ2n) is 10.5. The average Bonchev–Trinajstić information content (AvgIpc) is 3.30. The molecule has 1 spiro atoms. The number of carboxylic acids is 1. The maximum absolute atomic E-state index is 14.4. The highest BCUT2D eigenvalue weighted by atomic mass is 16.5. The zero-order valence-electron chi connectivity index (χ0n) is 21.0. The molecule has 0 radical (unpaired) electrons. The van der Waals surface area contributed by atoms with E-state index in [0.717, 1.165) is 16.8 Å². The van der Waals surface area contributed by atoms with Crippen molar-refractivity contribution in [2.75, 3.05) is 24.6 Å². The van der Waals surface area contributed by atoms with Gasteiger partial charge in [-0.15, -0.1) is 6.58 Å². The van der Waals surface area contributed by atoms with Crippen LogP contribution < -0.4 is 4.90 Å². The monoisotopic (exact) mass is 484 g/mol. The fourth-order valence-electron chi connectivity index (χ4n) is 6.83. The minimum absolute atomic E-state index is 0.0242. The summed E-state index contributed by atoms with van der Waals surface area (Å²) >= 11 is 0. The second-order valence-corrected chi connectivity index (χ2v) is 10.5. The fraction of sp³-hybridized carbons (Fsp3) is 0.593. The highest BCUT2D eigenvalue weighted by molar-refractivity contribution is 6.05. The number of hydrogen-bond donors (Lipinski definition) is 2.